The maximum atomic E-state index is 13.9. The average molecular weight is 659 g/mol. The molecule has 3 heterocycles. The molecule has 2 aliphatic rings. The summed E-state index contributed by atoms with van der Waals surface area (Å²) in [5.41, 5.74) is 0.460. The van der Waals surface area contributed by atoms with E-state index >= 15 is 0 Å². The summed E-state index contributed by atoms with van der Waals surface area (Å²) in [5, 5.41) is 21.5. The van der Waals surface area contributed by atoms with Crippen LogP contribution in [-0.2, 0) is 35.2 Å². The van der Waals surface area contributed by atoms with Crippen LogP contribution in [-0.4, -0.2) is 87.2 Å². The monoisotopic (exact) mass is 658 g/mol. The van der Waals surface area contributed by atoms with Crippen LogP contribution in [0.2, 0.25) is 5.15 Å². The van der Waals surface area contributed by atoms with E-state index in [1.807, 2.05) is 32.0 Å². The Morgan fingerprint density at radius 2 is 1.57 bits per heavy atom. The molecule has 0 bridgehead atoms. The molecule has 14 heteroatoms. The van der Waals surface area contributed by atoms with E-state index in [1.165, 1.54) is 4.90 Å². The highest BCUT2D eigenvalue weighted by molar-refractivity contribution is 6.31. The number of H-pyrrole nitrogens is 1. The van der Waals surface area contributed by atoms with Crippen molar-refractivity contribution in [3.8, 4) is 0 Å². The second-order valence-corrected chi connectivity index (χ2v) is 14.0. The summed E-state index contributed by atoms with van der Waals surface area (Å²) < 4.78 is 0. The molecule has 2 fully saturated rings. The van der Waals surface area contributed by atoms with E-state index in [9.17, 15) is 33.9 Å². The van der Waals surface area contributed by atoms with Crippen molar-refractivity contribution in [3.63, 3.8) is 0 Å². The fourth-order valence-corrected chi connectivity index (χ4v) is 6.36. The zero-order valence-electron chi connectivity index (χ0n) is 26.7. The molecule has 2 aromatic rings. The van der Waals surface area contributed by atoms with Gasteiger partial charge in [0.1, 0.15) is 35.4 Å². The van der Waals surface area contributed by atoms with Crippen LogP contribution in [0.1, 0.15) is 65.9 Å². The Hall–Kier alpha value is -4.13. The van der Waals surface area contributed by atoms with Crippen LogP contribution < -0.4 is 21.3 Å². The lowest BCUT2D eigenvalue weighted by molar-refractivity contribution is -0.146. The maximum absolute atomic E-state index is 13.9. The van der Waals surface area contributed by atoms with Gasteiger partial charge in [-0.1, -0.05) is 64.4 Å². The number of carboxylic acid groups (broad SMARTS) is 1. The van der Waals surface area contributed by atoms with Crippen LogP contribution in [0, 0.1) is 11.3 Å². The summed E-state index contributed by atoms with van der Waals surface area (Å²) in [6.45, 7) is 9.24. The first kappa shape index (κ1) is 34.7. The molecule has 0 radical (unpaired) electrons. The number of nitrogens with zero attached hydrogens (tertiary/aromatic N) is 1. The maximum Gasteiger partial charge on any atom is 0.305 e. The number of benzene rings is 1. The van der Waals surface area contributed by atoms with E-state index < -0.39 is 77.6 Å². The molecule has 0 spiro atoms. The molecule has 4 rings (SSSR count). The number of carboxylic acids is 1. The minimum Gasteiger partial charge on any atom is -0.481 e. The Morgan fingerprint density at radius 3 is 2.22 bits per heavy atom. The quantitative estimate of drug-likeness (QED) is 0.273. The molecular weight excluding hydrogens is 616 g/mol. The number of rotatable bonds is 6. The Balaban J connectivity index is 1.80. The largest absolute Gasteiger partial charge is 0.481 e. The average Bonchev–Trinajstić information content (AvgIpc) is 3.57. The highest BCUT2D eigenvalue weighted by Gasteiger charge is 2.43. The first-order valence-electron chi connectivity index (χ1n) is 15.6. The number of fused-ring (bicyclic) bond motifs is 2. The van der Waals surface area contributed by atoms with Crippen molar-refractivity contribution in [3.05, 3.63) is 35.0 Å². The second kappa shape index (κ2) is 14.1. The van der Waals surface area contributed by atoms with E-state index in [0.717, 1.165) is 0 Å². The third-order valence-corrected chi connectivity index (χ3v) is 8.71. The van der Waals surface area contributed by atoms with Crippen molar-refractivity contribution in [1.29, 1.82) is 0 Å². The second-order valence-electron chi connectivity index (χ2n) is 13.6. The fourth-order valence-electron chi connectivity index (χ4n) is 6.07. The summed E-state index contributed by atoms with van der Waals surface area (Å²) in [4.78, 5) is 85.1. The summed E-state index contributed by atoms with van der Waals surface area (Å²) in [6.07, 6.45) is 0.138. The van der Waals surface area contributed by atoms with Crippen molar-refractivity contribution >= 4 is 58.0 Å². The summed E-state index contributed by atoms with van der Waals surface area (Å²) in [7, 11) is 0. The van der Waals surface area contributed by atoms with Gasteiger partial charge in [0.15, 0.2) is 0 Å². The number of halogens is 1. The van der Waals surface area contributed by atoms with Gasteiger partial charge in [-0.15, -0.1) is 0 Å². The number of aromatic amines is 1. The van der Waals surface area contributed by atoms with Crippen molar-refractivity contribution < 1.29 is 33.9 Å². The zero-order chi connectivity index (χ0) is 33.9. The van der Waals surface area contributed by atoms with Gasteiger partial charge in [0.05, 0.1) is 6.42 Å². The predicted octanol–water partition coefficient (Wildman–Crippen LogP) is 1.87. The van der Waals surface area contributed by atoms with Crippen LogP contribution in [0.5, 0.6) is 0 Å². The Bertz CT molecular complexity index is 1520. The molecule has 2 saturated heterocycles. The number of aliphatic carboxylic acids is 1. The summed E-state index contributed by atoms with van der Waals surface area (Å²) in [6, 6.07) is 1.28. The molecule has 2 aliphatic heterocycles. The summed E-state index contributed by atoms with van der Waals surface area (Å²) >= 11 is 6.54. The SMILES string of the molecule is CC(C)C[C@@H]1NC(=O)[C@@H](C(C)(C)C)NC(=O)[C@@H]2CCCN2C(=O)[C@@H](CC(=O)O)NC(=O)[C@H](Cc2c(Cl)[nH]c3ccccc23)NC1=O. The third-order valence-electron chi connectivity index (χ3n) is 8.39. The van der Waals surface area contributed by atoms with Crippen LogP contribution in [0.4, 0.5) is 0 Å². The van der Waals surface area contributed by atoms with Gasteiger partial charge in [0, 0.05) is 23.9 Å². The minimum absolute atomic E-state index is 0.0410. The lowest BCUT2D eigenvalue weighted by Gasteiger charge is -2.34. The molecule has 1 aromatic heterocycles. The molecule has 6 N–H and O–H groups in total. The Morgan fingerprint density at radius 1 is 0.935 bits per heavy atom. The molecular formula is C32H43ClN6O7. The van der Waals surface area contributed by atoms with Crippen molar-refractivity contribution in [2.75, 3.05) is 6.54 Å². The van der Waals surface area contributed by atoms with Gasteiger partial charge in [-0.3, -0.25) is 28.8 Å². The molecule has 46 heavy (non-hydrogen) atoms. The number of aromatic nitrogens is 1. The van der Waals surface area contributed by atoms with E-state index in [1.54, 1.807) is 26.8 Å². The van der Waals surface area contributed by atoms with Gasteiger partial charge < -0.3 is 36.3 Å². The topological polar surface area (TPSA) is 190 Å². The van der Waals surface area contributed by atoms with E-state index in [2.05, 4.69) is 26.3 Å². The molecule has 5 amide bonds. The van der Waals surface area contributed by atoms with Gasteiger partial charge in [0.25, 0.3) is 0 Å². The van der Waals surface area contributed by atoms with Crippen LogP contribution in [0.15, 0.2) is 24.3 Å². The van der Waals surface area contributed by atoms with Crippen molar-refractivity contribution in [1.82, 2.24) is 31.2 Å². The number of carbonyl (C=O) groups is 6. The standard InChI is InChI=1S/C32H43ClN6O7/c1-16(2)13-20-27(42)35-21(14-18-17-9-6-7-10-19(17)34-26(18)33)28(43)37-22(15-24(40)41)31(46)39-12-8-11-23(39)29(44)38-25(30(45)36-20)32(3,4)5/h6-7,9-10,16,20-23,25,34H,8,11-15H2,1-5H3,(H,35,42)(H,36,45)(H,37,43)(H,38,44)(H,40,41)/t20-,21-,22+,23-,25-/m0/s1. The van der Waals surface area contributed by atoms with Crippen molar-refractivity contribution in [2.45, 2.75) is 96.9 Å². The van der Waals surface area contributed by atoms with Crippen LogP contribution in [0.3, 0.4) is 0 Å². The summed E-state index contributed by atoms with van der Waals surface area (Å²) in [5.74, 6) is -4.75. The lowest BCUT2D eigenvalue weighted by atomic mass is 9.85. The first-order chi connectivity index (χ1) is 21.6. The number of carbonyl (C=O) groups excluding carboxylic acids is 5. The van der Waals surface area contributed by atoms with Gasteiger partial charge in [0.2, 0.25) is 29.5 Å². The lowest BCUT2D eigenvalue weighted by Crippen LogP contribution is -2.60. The van der Waals surface area contributed by atoms with E-state index in [0.29, 0.717) is 29.3 Å². The van der Waals surface area contributed by atoms with Gasteiger partial charge in [-0.05, 0) is 42.2 Å². The molecule has 1 aromatic carbocycles. The fraction of sp³-hybridized carbons (Fsp3) is 0.562. The predicted molar refractivity (Wildman–Crippen MR) is 171 cm³/mol. The number of hydrogen-bond acceptors (Lipinski definition) is 6. The Kier molecular flexibility index (Phi) is 10.7. The number of para-hydroxylation sites is 1. The highest BCUT2D eigenvalue weighted by atomic mass is 35.5. The number of amides is 5. The molecule has 0 saturated carbocycles. The number of hydrogen-bond donors (Lipinski definition) is 6. The van der Waals surface area contributed by atoms with E-state index in [4.69, 9.17) is 11.6 Å². The number of nitrogens with one attached hydrogen (secondary N) is 5. The van der Waals surface area contributed by atoms with Gasteiger partial charge >= 0.3 is 5.97 Å². The smallest absolute Gasteiger partial charge is 0.305 e. The zero-order valence-corrected chi connectivity index (χ0v) is 27.5. The molecule has 0 aliphatic carbocycles. The van der Waals surface area contributed by atoms with Gasteiger partial charge in [-0.25, -0.2) is 0 Å². The molecule has 5 atom stereocenters. The first-order valence-corrected chi connectivity index (χ1v) is 15.9. The van der Waals surface area contributed by atoms with Crippen LogP contribution >= 0.6 is 11.6 Å². The normalized spacial score (nSPS) is 25.3. The molecule has 13 nitrogen and oxygen atoms in total. The molecule has 250 valence electrons. The Labute approximate surface area is 272 Å². The van der Waals surface area contributed by atoms with Crippen LogP contribution in [0.25, 0.3) is 10.9 Å². The minimum atomic E-state index is -1.52. The van der Waals surface area contributed by atoms with Crippen molar-refractivity contribution in [2.24, 2.45) is 11.3 Å². The molecule has 0 unspecified atom stereocenters. The highest BCUT2D eigenvalue weighted by Crippen LogP contribution is 2.28. The van der Waals surface area contributed by atoms with Gasteiger partial charge in [-0.2, -0.15) is 0 Å². The van der Waals surface area contributed by atoms with E-state index in [-0.39, 0.29) is 30.5 Å². The third kappa shape index (κ3) is 7.98.